The van der Waals surface area contributed by atoms with E-state index >= 15 is 0 Å². The lowest BCUT2D eigenvalue weighted by Crippen LogP contribution is -2.40. The number of nitrogens with zero attached hydrogens (tertiary/aromatic N) is 3. The molecule has 0 aliphatic carbocycles. The van der Waals surface area contributed by atoms with Gasteiger partial charge in [-0.3, -0.25) is 19.0 Å². The highest BCUT2D eigenvalue weighted by Gasteiger charge is 2.11. The van der Waals surface area contributed by atoms with Gasteiger partial charge < -0.3 is 15.5 Å². The summed E-state index contributed by atoms with van der Waals surface area (Å²) in [6, 6.07) is 12.0. The molecule has 2 heterocycles. The number of rotatable bonds is 10. The fourth-order valence-electron chi connectivity index (χ4n) is 3.20. The summed E-state index contributed by atoms with van der Waals surface area (Å²) in [5, 5.41) is 5.85. The SMILES string of the molecule is Cc1cc2c(=O)n(CC(=O)NCC(=O)NCCCN(C)Cc3ccccc3)cnc2s1. The van der Waals surface area contributed by atoms with E-state index in [0.29, 0.717) is 16.8 Å². The minimum absolute atomic E-state index is 0.124. The van der Waals surface area contributed by atoms with Gasteiger partial charge >= 0.3 is 0 Å². The van der Waals surface area contributed by atoms with Crippen molar-refractivity contribution in [3.05, 3.63) is 63.5 Å². The van der Waals surface area contributed by atoms with Gasteiger partial charge in [0.1, 0.15) is 11.4 Å². The molecule has 0 unspecified atom stereocenters. The van der Waals surface area contributed by atoms with Crippen molar-refractivity contribution >= 4 is 33.4 Å². The fourth-order valence-corrected chi connectivity index (χ4v) is 4.03. The number of aryl methyl sites for hydroxylation is 1. The average molecular weight is 442 g/mol. The molecule has 0 radical (unpaired) electrons. The smallest absolute Gasteiger partial charge is 0.262 e. The van der Waals surface area contributed by atoms with Crippen LogP contribution in [-0.4, -0.2) is 52.9 Å². The monoisotopic (exact) mass is 441 g/mol. The summed E-state index contributed by atoms with van der Waals surface area (Å²) in [5.74, 6) is -0.665. The number of carbonyl (C=O) groups excluding carboxylic acids is 2. The number of hydrogen-bond donors (Lipinski definition) is 2. The van der Waals surface area contributed by atoms with Crippen molar-refractivity contribution in [2.45, 2.75) is 26.4 Å². The molecule has 3 rings (SSSR count). The molecule has 2 amide bonds. The molecule has 2 aromatic heterocycles. The number of carbonyl (C=O) groups is 2. The average Bonchev–Trinajstić information content (AvgIpc) is 3.14. The summed E-state index contributed by atoms with van der Waals surface area (Å²) in [7, 11) is 2.04. The van der Waals surface area contributed by atoms with E-state index < -0.39 is 5.91 Å². The number of hydrogen-bond acceptors (Lipinski definition) is 6. The van der Waals surface area contributed by atoms with Crippen molar-refractivity contribution < 1.29 is 9.59 Å². The lowest BCUT2D eigenvalue weighted by atomic mass is 10.2. The molecule has 0 fully saturated rings. The van der Waals surface area contributed by atoms with Crippen molar-refractivity contribution in [3.8, 4) is 0 Å². The summed E-state index contributed by atoms with van der Waals surface area (Å²) >= 11 is 1.44. The molecule has 0 saturated heterocycles. The first kappa shape index (κ1) is 22.6. The van der Waals surface area contributed by atoms with Gasteiger partial charge in [-0.15, -0.1) is 11.3 Å². The molecule has 0 aliphatic heterocycles. The molecule has 164 valence electrons. The van der Waals surface area contributed by atoms with E-state index in [2.05, 4.69) is 32.7 Å². The minimum Gasteiger partial charge on any atom is -0.355 e. The normalized spacial score (nSPS) is 11.1. The zero-order valence-corrected chi connectivity index (χ0v) is 18.6. The highest BCUT2D eigenvalue weighted by molar-refractivity contribution is 7.18. The predicted molar refractivity (Wildman–Crippen MR) is 122 cm³/mol. The van der Waals surface area contributed by atoms with Crippen molar-refractivity contribution in [3.63, 3.8) is 0 Å². The summed E-state index contributed by atoms with van der Waals surface area (Å²) in [5.41, 5.74) is 0.993. The van der Waals surface area contributed by atoms with Gasteiger partial charge in [-0.05, 0) is 38.6 Å². The number of fused-ring (bicyclic) bond motifs is 1. The summed E-state index contributed by atoms with van der Waals surface area (Å²) in [4.78, 5) is 44.6. The van der Waals surface area contributed by atoms with Crippen LogP contribution in [0.3, 0.4) is 0 Å². The second-order valence-electron chi connectivity index (χ2n) is 7.46. The van der Waals surface area contributed by atoms with Gasteiger partial charge in [0.15, 0.2) is 0 Å². The van der Waals surface area contributed by atoms with Crippen LogP contribution in [-0.2, 0) is 22.7 Å². The largest absolute Gasteiger partial charge is 0.355 e. The third-order valence-electron chi connectivity index (χ3n) is 4.74. The minimum atomic E-state index is -0.409. The predicted octanol–water partition coefficient (Wildman–Crippen LogP) is 1.52. The Labute approximate surface area is 184 Å². The molecule has 0 bridgehead atoms. The molecular formula is C22H27N5O3S. The molecule has 31 heavy (non-hydrogen) atoms. The van der Waals surface area contributed by atoms with Crippen molar-refractivity contribution in [1.82, 2.24) is 25.1 Å². The highest BCUT2D eigenvalue weighted by atomic mass is 32.1. The first-order chi connectivity index (χ1) is 14.9. The maximum absolute atomic E-state index is 12.4. The van der Waals surface area contributed by atoms with Gasteiger partial charge in [0.25, 0.3) is 5.56 Å². The lowest BCUT2D eigenvalue weighted by molar-refractivity contribution is -0.126. The number of amides is 2. The molecule has 2 N–H and O–H groups in total. The third kappa shape index (κ3) is 6.73. The number of thiophene rings is 1. The van der Waals surface area contributed by atoms with Gasteiger partial charge in [0.2, 0.25) is 11.8 Å². The Morgan fingerprint density at radius 2 is 1.94 bits per heavy atom. The third-order valence-corrected chi connectivity index (χ3v) is 5.69. The first-order valence-electron chi connectivity index (χ1n) is 10.1. The van der Waals surface area contributed by atoms with Gasteiger partial charge in [0.05, 0.1) is 18.3 Å². The number of benzene rings is 1. The van der Waals surface area contributed by atoms with Gasteiger partial charge in [-0.25, -0.2) is 4.98 Å². The molecule has 0 saturated carbocycles. The van der Waals surface area contributed by atoms with Gasteiger partial charge in [-0.1, -0.05) is 30.3 Å². The van der Waals surface area contributed by atoms with Crippen LogP contribution in [0, 0.1) is 6.92 Å². The Hall–Kier alpha value is -3.04. The Bertz CT molecular complexity index is 1090. The Kier molecular flexibility index (Phi) is 7.91. The maximum atomic E-state index is 12.4. The molecule has 1 aromatic carbocycles. The molecule has 0 atom stereocenters. The second kappa shape index (κ2) is 10.8. The Balaban J connectivity index is 1.34. The van der Waals surface area contributed by atoms with Crippen molar-refractivity contribution in [2.24, 2.45) is 0 Å². The summed E-state index contributed by atoms with van der Waals surface area (Å²) < 4.78 is 1.25. The summed E-state index contributed by atoms with van der Waals surface area (Å²) in [6.45, 7) is 3.85. The van der Waals surface area contributed by atoms with Crippen LogP contribution in [0.15, 0.2) is 47.5 Å². The van der Waals surface area contributed by atoms with E-state index in [1.54, 1.807) is 6.07 Å². The number of nitrogens with one attached hydrogen (secondary N) is 2. The first-order valence-corrected chi connectivity index (χ1v) is 11.0. The second-order valence-corrected chi connectivity index (χ2v) is 8.69. The van der Waals surface area contributed by atoms with E-state index in [0.717, 1.165) is 24.4 Å². The van der Waals surface area contributed by atoms with E-state index in [1.807, 2.05) is 32.2 Å². The van der Waals surface area contributed by atoms with Crippen LogP contribution in [0.1, 0.15) is 16.9 Å². The standard InChI is InChI=1S/C22H27N5O3S/c1-16-11-18-21(31-16)25-15-27(22(18)30)14-20(29)24-12-19(28)23-9-6-10-26(2)13-17-7-4-3-5-8-17/h3-5,7-8,11,15H,6,9-10,12-14H2,1-2H3,(H,23,28)(H,24,29). The highest BCUT2D eigenvalue weighted by Crippen LogP contribution is 2.19. The lowest BCUT2D eigenvalue weighted by Gasteiger charge is -2.16. The van der Waals surface area contributed by atoms with Crippen molar-refractivity contribution in [1.29, 1.82) is 0 Å². The molecule has 8 nitrogen and oxygen atoms in total. The topological polar surface area (TPSA) is 96.3 Å². The van der Waals surface area contributed by atoms with Crippen LogP contribution < -0.4 is 16.2 Å². The molecule has 3 aromatic rings. The molecule has 9 heteroatoms. The molecule has 0 spiro atoms. The van der Waals surface area contributed by atoms with E-state index in [1.165, 1.54) is 27.8 Å². The van der Waals surface area contributed by atoms with Crippen LogP contribution in [0.4, 0.5) is 0 Å². The van der Waals surface area contributed by atoms with Crippen LogP contribution in [0.5, 0.6) is 0 Å². The molecule has 0 aliphatic rings. The van der Waals surface area contributed by atoms with E-state index in [4.69, 9.17) is 0 Å². The number of aromatic nitrogens is 2. The van der Waals surface area contributed by atoms with E-state index in [-0.39, 0.29) is 24.6 Å². The van der Waals surface area contributed by atoms with Gasteiger partial charge in [0, 0.05) is 18.0 Å². The van der Waals surface area contributed by atoms with Crippen LogP contribution >= 0.6 is 11.3 Å². The maximum Gasteiger partial charge on any atom is 0.262 e. The van der Waals surface area contributed by atoms with Crippen molar-refractivity contribution in [2.75, 3.05) is 26.7 Å². The molecular weight excluding hydrogens is 414 g/mol. The Morgan fingerprint density at radius 1 is 1.16 bits per heavy atom. The Morgan fingerprint density at radius 3 is 2.71 bits per heavy atom. The summed E-state index contributed by atoms with van der Waals surface area (Å²) in [6.07, 6.45) is 2.18. The van der Waals surface area contributed by atoms with Crippen LogP contribution in [0.25, 0.3) is 10.2 Å². The van der Waals surface area contributed by atoms with E-state index in [9.17, 15) is 14.4 Å². The zero-order valence-electron chi connectivity index (χ0n) is 17.8. The van der Waals surface area contributed by atoms with Gasteiger partial charge in [-0.2, -0.15) is 0 Å². The van der Waals surface area contributed by atoms with Crippen LogP contribution in [0.2, 0.25) is 0 Å². The quantitative estimate of drug-likeness (QED) is 0.465. The zero-order chi connectivity index (χ0) is 22.2. The fraction of sp³-hybridized carbons (Fsp3) is 0.364.